The van der Waals surface area contributed by atoms with Crippen LogP contribution in [0.15, 0.2) is 40.9 Å². The van der Waals surface area contributed by atoms with E-state index >= 15 is 0 Å². The second-order valence-electron chi connectivity index (χ2n) is 4.49. The number of phenols is 1. The fourth-order valence-corrected chi connectivity index (χ4v) is 2.28. The van der Waals surface area contributed by atoms with Crippen LogP contribution in [0.5, 0.6) is 5.75 Å². The van der Waals surface area contributed by atoms with Gasteiger partial charge < -0.3 is 10.4 Å². The number of phenolic OH excluding ortho intramolecular Hbond substituents is 1. The number of rotatable bonds is 4. The summed E-state index contributed by atoms with van der Waals surface area (Å²) in [5, 5.41) is 23.6. The Balaban J connectivity index is 2.31. The molecule has 0 saturated carbocycles. The molecule has 2 aromatic carbocycles. The maximum atomic E-state index is 13.3. The van der Waals surface area contributed by atoms with E-state index in [1.165, 1.54) is 24.3 Å². The van der Waals surface area contributed by atoms with Crippen LogP contribution < -0.4 is 5.32 Å². The molecule has 110 valence electrons. The molecule has 0 spiro atoms. The van der Waals surface area contributed by atoms with Crippen LogP contribution in [0.1, 0.15) is 18.5 Å². The van der Waals surface area contributed by atoms with E-state index in [-0.39, 0.29) is 11.4 Å². The summed E-state index contributed by atoms with van der Waals surface area (Å²) in [6.45, 7) is 1.72. The molecule has 0 radical (unpaired) electrons. The Labute approximate surface area is 128 Å². The fraction of sp³-hybridized carbons (Fsp3) is 0.143. The molecule has 0 amide bonds. The first-order chi connectivity index (χ1) is 9.88. The van der Waals surface area contributed by atoms with Gasteiger partial charge in [-0.15, -0.1) is 0 Å². The van der Waals surface area contributed by atoms with Gasteiger partial charge in [-0.3, -0.25) is 10.1 Å². The Morgan fingerprint density at radius 3 is 2.71 bits per heavy atom. The minimum absolute atomic E-state index is 0.0436. The van der Waals surface area contributed by atoms with Gasteiger partial charge in [0, 0.05) is 22.2 Å². The Hall–Kier alpha value is -2.15. The summed E-state index contributed by atoms with van der Waals surface area (Å²) in [4.78, 5) is 10.3. The fourth-order valence-electron chi connectivity index (χ4n) is 1.92. The third kappa shape index (κ3) is 3.49. The zero-order chi connectivity index (χ0) is 15.6. The van der Waals surface area contributed by atoms with Crippen LogP contribution in [-0.4, -0.2) is 10.0 Å². The normalized spacial score (nSPS) is 12.0. The zero-order valence-electron chi connectivity index (χ0n) is 11.0. The van der Waals surface area contributed by atoms with Crippen molar-refractivity contribution in [1.82, 2.24) is 0 Å². The average molecular weight is 355 g/mol. The van der Waals surface area contributed by atoms with Crippen molar-refractivity contribution in [3.8, 4) is 5.75 Å². The highest BCUT2D eigenvalue weighted by Gasteiger charge is 2.15. The van der Waals surface area contributed by atoms with Gasteiger partial charge >= 0.3 is 0 Å². The van der Waals surface area contributed by atoms with E-state index in [1.807, 2.05) is 0 Å². The molecule has 0 aliphatic rings. The number of nitrogens with one attached hydrogen (secondary N) is 1. The maximum absolute atomic E-state index is 13.3. The molecular formula is C14H12BrFN2O3. The lowest BCUT2D eigenvalue weighted by molar-refractivity contribution is -0.384. The lowest BCUT2D eigenvalue weighted by Gasteiger charge is -2.18. The van der Waals surface area contributed by atoms with Crippen LogP contribution in [-0.2, 0) is 0 Å². The van der Waals surface area contributed by atoms with Crippen molar-refractivity contribution in [2.24, 2.45) is 0 Å². The van der Waals surface area contributed by atoms with Crippen molar-refractivity contribution in [3.63, 3.8) is 0 Å². The number of nitro benzene ring substituents is 1. The predicted octanol–water partition coefficient (Wildman–Crippen LogP) is 4.38. The molecule has 1 atom stereocenters. The molecule has 0 aromatic heterocycles. The molecular weight excluding hydrogens is 343 g/mol. The highest BCUT2D eigenvalue weighted by molar-refractivity contribution is 9.10. The summed E-state index contributed by atoms with van der Waals surface area (Å²) in [5.41, 5.74) is 0.796. The first kappa shape index (κ1) is 15.2. The molecule has 7 heteroatoms. The first-order valence-corrected chi connectivity index (χ1v) is 6.86. The number of aromatic hydroxyl groups is 1. The van der Waals surface area contributed by atoms with Gasteiger partial charge in [-0.05, 0) is 47.1 Å². The highest BCUT2D eigenvalue weighted by atomic mass is 79.9. The number of benzene rings is 2. The van der Waals surface area contributed by atoms with Crippen LogP contribution >= 0.6 is 15.9 Å². The average Bonchev–Trinajstić information content (AvgIpc) is 2.43. The molecule has 2 aromatic rings. The lowest BCUT2D eigenvalue weighted by atomic mass is 10.1. The third-order valence-corrected chi connectivity index (χ3v) is 3.68. The van der Waals surface area contributed by atoms with Gasteiger partial charge in [0.2, 0.25) is 0 Å². The topological polar surface area (TPSA) is 75.4 Å². The van der Waals surface area contributed by atoms with E-state index in [2.05, 4.69) is 21.2 Å². The molecule has 5 nitrogen and oxygen atoms in total. The Morgan fingerprint density at radius 1 is 1.33 bits per heavy atom. The summed E-state index contributed by atoms with van der Waals surface area (Å²) in [6, 6.07) is 7.52. The van der Waals surface area contributed by atoms with Crippen molar-refractivity contribution in [3.05, 3.63) is 62.4 Å². The number of halogens is 2. The van der Waals surface area contributed by atoms with E-state index in [9.17, 15) is 19.6 Å². The molecule has 0 heterocycles. The predicted molar refractivity (Wildman–Crippen MR) is 80.9 cm³/mol. The number of non-ortho nitro benzene ring substituents is 1. The molecule has 0 saturated heterocycles. The number of hydrogen-bond donors (Lipinski definition) is 2. The first-order valence-electron chi connectivity index (χ1n) is 6.07. The number of nitro groups is 1. The standard InChI is InChI=1S/C14H12BrFN2O3/c1-8(11-6-9(16)2-5-14(11)19)17-13-7-10(18(20)21)3-4-12(13)15/h2-8,17,19H,1H3. The second kappa shape index (κ2) is 6.09. The summed E-state index contributed by atoms with van der Waals surface area (Å²) >= 11 is 3.29. The summed E-state index contributed by atoms with van der Waals surface area (Å²) < 4.78 is 13.9. The Bertz CT molecular complexity index is 694. The smallest absolute Gasteiger partial charge is 0.271 e. The van der Waals surface area contributed by atoms with Gasteiger partial charge in [0.15, 0.2) is 0 Å². The van der Waals surface area contributed by atoms with Gasteiger partial charge in [-0.2, -0.15) is 0 Å². The van der Waals surface area contributed by atoms with Crippen LogP contribution in [0.25, 0.3) is 0 Å². The van der Waals surface area contributed by atoms with Crippen molar-refractivity contribution >= 4 is 27.3 Å². The van der Waals surface area contributed by atoms with E-state index in [0.717, 1.165) is 6.07 Å². The van der Waals surface area contributed by atoms with Crippen LogP contribution in [0.3, 0.4) is 0 Å². The summed E-state index contributed by atoms with van der Waals surface area (Å²) in [7, 11) is 0. The second-order valence-corrected chi connectivity index (χ2v) is 5.34. The van der Waals surface area contributed by atoms with Gasteiger partial charge in [0.1, 0.15) is 11.6 Å². The molecule has 2 N–H and O–H groups in total. The van der Waals surface area contributed by atoms with Crippen molar-refractivity contribution in [2.45, 2.75) is 13.0 Å². The lowest BCUT2D eigenvalue weighted by Crippen LogP contribution is -2.08. The van der Waals surface area contributed by atoms with E-state index in [0.29, 0.717) is 15.7 Å². The summed E-state index contributed by atoms with van der Waals surface area (Å²) in [5.74, 6) is -0.507. The minimum atomic E-state index is -0.498. The van der Waals surface area contributed by atoms with Gasteiger partial charge in [-0.25, -0.2) is 4.39 Å². The largest absolute Gasteiger partial charge is 0.508 e. The van der Waals surface area contributed by atoms with Gasteiger partial charge in [0.25, 0.3) is 5.69 Å². The monoisotopic (exact) mass is 354 g/mol. The molecule has 1 unspecified atom stereocenters. The van der Waals surface area contributed by atoms with Crippen LogP contribution in [0.4, 0.5) is 15.8 Å². The quantitative estimate of drug-likeness (QED) is 0.631. The van der Waals surface area contributed by atoms with Crippen LogP contribution in [0, 0.1) is 15.9 Å². The number of hydrogen-bond acceptors (Lipinski definition) is 4. The van der Waals surface area contributed by atoms with E-state index < -0.39 is 16.8 Å². The number of anilines is 1. The molecule has 0 aliphatic carbocycles. The molecule has 21 heavy (non-hydrogen) atoms. The van der Waals surface area contributed by atoms with Crippen molar-refractivity contribution in [1.29, 1.82) is 0 Å². The maximum Gasteiger partial charge on any atom is 0.271 e. The van der Waals surface area contributed by atoms with Gasteiger partial charge in [-0.1, -0.05) is 0 Å². The van der Waals surface area contributed by atoms with Crippen molar-refractivity contribution < 1.29 is 14.4 Å². The molecule has 0 bridgehead atoms. The number of nitrogens with zero attached hydrogens (tertiary/aromatic N) is 1. The highest BCUT2D eigenvalue weighted by Crippen LogP contribution is 2.32. The van der Waals surface area contributed by atoms with Gasteiger partial charge in [0.05, 0.1) is 16.7 Å². The van der Waals surface area contributed by atoms with E-state index in [4.69, 9.17) is 0 Å². The summed E-state index contributed by atoms with van der Waals surface area (Å²) in [6.07, 6.45) is 0. The molecule has 0 aliphatic heterocycles. The Kier molecular flexibility index (Phi) is 4.42. The molecule has 0 fully saturated rings. The Morgan fingerprint density at radius 2 is 2.05 bits per heavy atom. The molecule has 2 rings (SSSR count). The van der Waals surface area contributed by atoms with Crippen LogP contribution in [0.2, 0.25) is 0 Å². The van der Waals surface area contributed by atoms with Crippen molar-refractivity contribution in [2.75, 3.05) is 5.32 Å². The SMILES string of the molecule is CC(Nc1cc([N+](=O)[O-])ccc1Br)c1cc(F)ccc1O. The third-order valence-electron chi connectivity index (χ3n) is 2.99. The minimum Gasteiger partial charge on any atom is -0.508 e. The zero-order valence-corrected chi connectivity index (χ0v) is 12.6. The van der Waals surface area contributed by atoms with E-state index in [1.54, 1.807) is 13.0 Å².